The molecule has 7 heteroatoms. The third-order valence-corrected chi connectivity index (χ3v) is 5.68. The van der Waals surface area contributed by atoms with E-state index in [0.717, 1.165) is 33.8 Å². The second-order valence-corrected chi connectivity index (χ2v) is 8.12. The first-order valence-electron chi connectivity index (χ1n) is 11.8. The predicted octanol–water partition coefficient (Wildman–Crippen LogP) is 4.67. The topological polar surface area (TPSA) is 64.6 Å². The number of amidine groups is 1. The van der Waals surface area contributed by atoms with Crippen LogP contribution in [0, 0.1) is 24.7 Å². The molecule has 1 heterocycles. The molecule has 0 spiro atoms. The Morgan fingerprint density at radius 1 is 0.838 bits per heavy atom. The maximum Gasteiger partial charge on any atom is 0.163 e. The number of nitrogens with one attached hydrogen (secondary N) is 1. The lowest BCUT2D eigenvalue weighted by Crippen LogP contribution is -2.29. The van der Waals surface area contributed by atoms with E-state index < -0.39 is 0 Å². The van der Waals surface area contributed by atoms with E-state index in [0.29, 0.717) is 50.4 Å². The van der Waals surface area contributed by atoms with Crippen molar-refractivity contribution in [3.8, 4) is 36.2 Å². The summed E-state index contributed by atoms with van der Waals surface area (Å²) in [6.45, 7) is 2.01. The van der Waals surface area contributed by atoms with Crippen molar-refractivity contribution in [3.05, 3.63) is 77.4 Å². The van der Waals surface area contributed by atoms with Crippen molar-refractivity contribution in [1.29, 1.82) is 0 Å². The zero-order valence-corrected chi connectivity index (χ0v) is 21.0. The molecule has 4 rings (SSSR count). The molecule has 0 bridgehead atoms. The Balaban J connectivity index is 1.79. The fraction of sp³-hybridized carbons (Fsp3) is 0.233. The first kappa shape index (κ1) is 25.7. The molecule has 0 unspecified atom stereocenters. The molecule has 1 N–H and O–H groups in total. The van der Waals surface area contributed by atoms with E-state index >= 15 is 0 Å². The first-order chi connectivity index (χ1) is 18.2. The van der Waals surface area contributed by atoms with Crippen LogP contribution in [0.25, 0.3) is 0 Å². The van der Waals surface area contributed by atoms with Crippen molar-refractivity contribution in [1.82, 2.24) is 0 Å². The Morgan fingerprint density at radius 2 is 1.49 bits per heavy atom. The quantitative estimate of drug-likeness (QED) is 0.326. The van der Waals surface area contributed by atoms with Crippen LogP contribution in [0.15, 0.2) is 65.7 Å². The molecule has 37 heavy (non-hydrogen) atoms. The number of benzene rings is 3. The minimum atomic E-state index is 0.369. The van der Waals surface area contributed by atoms with Crippen molar-refractivity contribution < 1.29 is 18.9 Å². The van der Waals surface area contributed by atoms with Gasteiger partial charge in [-0.25, -0.2) is 4.99 Å². The summed E-state index contributed by atoms with van der Waals surface area (Å²) in [7, 11) is 3.27. The van der Waals surface area contributed by atoms with Crippen LogP contribution >= 0.6 is 0 Å². The summed E-state index contributed by atoms with van der Waals surface area (Å²) in [6.07, 6.45) is 11.3. The van der Waals surface area contributed by atoms with E-state index in [4.69, 9.17) is 36.8 Å². The van der Waals surface area contributed by atoms with Gasteiger partial charge in [0.05, 0.1) is 18.9 Å². The van der Waals surface area contributed by atoms with Gasteiger partial charge >= 0.3 is 0 Å². The smallest absolute Gasteiger partial charge is 0.163 e. The van der Waals surface area contributed by atoms with Crippen LogP contribution in [0.3, 0.4) is 0 Å². The van der Waals surface area contributed by atoms with E-state index in [-0.39, 0.29) is 0 Å². The average Bonchev–Trinajstić information content (AvgIpc) is 2.94. The molecule has 0 atom stereocenters. The van der Waals surface area contributed by atoms with Gasteiger partial charge in [0.2, 0.25) is 0 Å². The molecule has 3 aromatic carbocycles. The Bertz CT molecular complexity index is 1350. The van der Waals surface area contributed by atoms with Gasteiger partial charge in [-0.3, -0.25) is 0 Å². The van der Waals surface area contributed by atoms with Crippen LogP contribution in [0.4, 0.5) is 17.1 Å². The van der Waals surface area contributed by atoms with Crippen molar-refractivity contribution in [2.75, 3.05) is 57.5 Å². The monoisotopic (exact) mass is 495 g/mol. The minimum absolute atomic E-state index is 0.369. The molecule has 0 saturated carbocycles. The van der Waals surface area contributed by atoms with Crippen molar-refractivity contribution in [2.24, 2.45) is 4.99 Å². The molecule has 0 saturated heterocycles. The minimum Gasteiger partial charge on any atom is -0.487 e. The largest absolute Gasteiger partial charge is 0.487 e. The van der Waals surface area contributed by atoms with Crippen molar-refractivity contribution >= 4 is 22.9 Å². The van der Waals surface area contributed by atoms with E-state index in [1.165, 1.54) is 0 Å². The number of anilines is 3. The lowest BCUT2D eigenvalue weighted by molar-refractivity contribution is 0.132. The van der Waals surface area contributed by atoms with Gasteiger partial charge in [0.25, 0.3) is 0 Å². The molecular weight excluding hydrogens is 466 g/mol. The molecule has 0 amide bonds. The number of fused-ring (bicyclic) bond motifs is 1. The standard InChI is InChI=1S/C30H29N3O4/c1-5-22-9-7-11-24(17-22)32-30-26-19-28(36-15-13-34-3)29(37-16-14-35-4)20-27(26)33(21-31-30)25-12-8-10-23(6-2)18-25/h1-2,7-12,17-20H,13-16,21H2,3-4H3,(H,31,32). The van der Waals surface area contributed by atoms with Gasteiger partial charge in [-0.1, -0.05) is 24.0 Å². The summed E-state index contributed by atoms with van der Waals surface area (Å²) in [5, 5.41) is 3.43. The highest BCUT2D eigenvalue weighted by molar-refractivity contribution is 6.13. The van der Waals surface area contributed by atoms with E-state index in [2.05, 4.69) is 22.1 Å². The summed E-state index contributed by atoms with van der Waals surface area (Å²) < 4.78 is 22.4. The van der Waals surface area contributed by atoms with Crippen LogP contribution < -0.4 is 19.7 Å². The Hall–Kier alpha value is -4.43. The number of ether oxygens (including phenoxy) is 4. The second-order valence-electron chi connectivity index (χ2n) is 8.12. The summed E-state index contributed by atoms with van der Waals surface area (Å²) in [4.78, 5) is 6.95. The van der Waals surface area contributed by atoms with Crippen LogP contribution in [0.5, 0.6) is 11.5 Å². The molecule has 3 aromatic rings. The highest BCUT2D eigenvalue weighted by Gasteiger charge is 2.25. The Labute approximate surface area is 218 Å². The van der Waals surface area contributed by atoms with Crippen LogP contribution in [-0.4, -0.2) is 53.2 Å². The van der Waals surface area contributed by atoms with Gasteiger partial charge in [0.15, 0.2) is 11.5 Å². The number of hydrogen-bond acceptors (Lipinski definition) is 7. The highest BCUT2D eigenvalue weighted by Crippen LogP contribution is 2.40. The number of nitrogens with zero attached hydrogens (tertiary/aromatic N) is 2. The normalized spacial score (nSPS) is 12.1. The maximum atomic E-state index is 6.05. The van der Waals surface area contributed by atoms with Gasteiger partial charge in [-0.2, -0.15) is 0 Å². The highest BCUT2D eigenvalue weighted by atomic mass is 16.5. The first-order valence-corrected chi connectivity index (χ1v) is 11.8. The lowest BCUT2D eigenvalue weighted by Gasteiger charge is -2.31. The van der Waals surface area contributed by atoms with E-state index in [9.17, 15) is 0 Å². The Morgan fingerprint density at radius 3 is 2.16 bits per heavy atom. The van der Waals surface area contributed by atoms with Gasteiger partial charge in [-0.05, 0) is 42.5 Å². The van der Waals surface area contributed by atoms with Gasteiger partial charge < -0.3 is 29.2 Å². The van der Waals surface area contributed by atoms with Crippen molar-refractivity contribution in [3.63, 3.8) is 0 Å². The summed E-state index contributed by atoms with van der Waals surface area (Å²) in [5.41, 5.74) is 5.06. The van der Waals surface area contributed by atoms with Gasteiger partial charge in [0.1, 0.15) is 25.7 Å². The fourth-order valence-corrected chi connectivity index (χ4v) is 3.88. The van der Waals surface area contributed by atoms with Gasteiger partial charge in [-0.15, -0.1) is 12.8 Å². The fourth-order valence-electron chi connectivity index (χ4n) is 3.88. The molecule has 0 fully saturated rings. The Kier molecular flexibility index (Phi) is 8.67. The molecule has 1 aliphatic rings. The molecular formula is C30H29N3O4. The summed E-state index contributed by atoms with van der Waals surface area (Å²) in [5.74, 6) is 7.24. The van der Waals surface area contributed by atoms with E-state index in [1.54, 1.807) is 14.2 Å². The molecule has 1 aliphatic heterocycles. The molecule has 0 aromatic heterocycles. The predicted molar refractivity (Wildman–Crippen MR) is 147 cm³/mol. The van der Waals surface area contributed by atoms with E-state index in [1.807, 2.05) is 60.7 Å². The lowest BCUT2D eigenvalue weighted by atomic mass is 10.1. The zero-order chi connectivity index (χ0) is 26.0. The second kappa shape index (κ2) is 12.5. The number of aliphatic imine (C=N–C) groups is 1. The van der Waals surface area contributed by atoms with Crippen LogP contribution in [0.1, 0.15) is 16.7 Å². The summed E-state index contributed by atoms with van der Waals surface area (Å²) in [6, 6.07) is 19.3. The summed E-state index contributed by atoms with van der Waals surface area (Å²) >= 11 is 0. The van der Waals surface area contributed by atoms with Crippen LogP contribution in [0.2, 0.25) is 0 Å². The molecule has 7 nitrogen and oxygen atoms in total. The number of hydrogen-bond donors (Lipinski definition) is 1. The maximum absolute atomic E-state index is 6.05. The third kappa shape index (κ3) is 6.23. The number of methoxy groups -OCH3 is 2. The molecule has 188 valence electrons. The van der Waals surface area contributed by atoms with Crippen molar-refractivity contribution in [2.45, 2.75) is 0 Å². The average molecular weight is 496 g/mol. The molecule has 0 radical (unpaired) electrons. The molecule has 0 aliphatic carbocycles. The number of terminal acetylenes is 2. The zero-order valence-electron chi connectivity index (χ0n) is 21.0. The van der Waals surface area contributed by atoms with Gasteiger partial charge in [0, 0.05) is 48.4 Å². The number of rotatable bonds is 10. The van der Waals surface area contributed by atoms with Crippen LogP contribution in [-0.2, 0) is 9.47 Å². The SMILES string of the molecule is C#Cc1cccc(NC2=NCN(c3cccc(C#C)c3)c3cc(OCCOC)c(OCCOC)cc32)c1. The third-order valence-electron chi connectivity index (χ3n) is 5.68.